The van der Waals surface area contributed by atoms with Crippen molar-refractivity contribution in [3.05, 3.63) is 52.0 Å². The van der Waals surface area contributed by atoms with E-state index in [4.69, 9.17) is 4.74 Å². The van der Waals surface area contributed by atoms with Crippen LogP contribution in [0.15, 0.2) is 35.7 Å². The molecule has 34 heavy (non-hydrogen) atoms. The summed E-state index contributed by atoms with van der Waals surface area (Å²) in [6.07, 6.45) is 3.15. The van der Waals surface area contributed by atoms with Crippen molar-refractivity contribution in [2.45, 2.75) is 44.6 Å². The van der Waals surface area contributed by atoms with E-state index in [2.05, 4.69) is 5.32 Å². The molecule has 1 atom stereocenters. The van der Waals surface area contributed by atoms with Gasteiger partial charge in [-0.05, 0) is 61.2 Å². The maximum atomic E-state index is 14.1. The van der Waals surface area contributed by atoms with E-state index in [0.29, 0.717) is 45.3 Å². The van der Waals surface area contributed by atoms with Crippen LogP contribution in [0.3, 0.4) is 0 Å². The average Bonchev–Trinajstić information content (AvgIpc) is 3.44. The maximum absolute atomic E-state index is 14.1. The monoisotopic (exact) mass is 487 g/mol. The summed E-state index contributed by atoms with van der Waals surface area (Å²) in [4.78, 5) is 43.4. The van der Waals surface area contributed by atoms with Crippen LogP contribution in [0.25, 0.3) is 0 Å². The van der Waals surface area contributed by atoms with E-state index in [0.717, 1.165) is 11.3 Å². The van der Waals surface area contributed by atoms with Crippen LogP contribution in [0.5, 0.6) is 5.75 Å². The van der Waals surface area contributed by atoms with Crippen LogP contribution in [-0.4, -0.2) is 59.9 Å². The van der Waals surface area contributed by atoms with Crippen LogP contribution in [0.4, 0.5) is 9.18 Å². The van der Waals surface area contributed by atoms with Gasteiger partial charge in [-0.1, -0.05) is 19.4 Å². The second-order valence-corrected chi connectivity index (χ2v) is 9.89. The normalized spacial score (nSPS) is 21.1. The average molecular weight is 488 g/mol. The van der Waals surface area contributed by atoms with E-state index in [9.17, 15) is 18.8 Å². The van der Waals surface area contributed by atoms with Gasteiger partial charge in [0.15, 0.2) is 11.6 Å². The number of methoxy groups -OCH3 is 1. The maximum Gasteiger partial charge on any atom is 0.325 e. The molecule has 0 unspecified atom stereocenters. The SMILES string of the molecule is CCC[C@]1(C2CCN(C(=O)c3ccc(OC)c(F)c3)CC2)NC(=O)N(CCc2cccs2)C1=O. The molecule has 0 spiro atoms. The van der Waals surface area contributed by atoms with Crippen molar-refractivity contribution in [3.8, 4) is 5.75 Å². The first kappa shape index (κ1) is 24.2. The molecule has 2 aliphatic heterocycles. The topological polar surface area (TPSA) is 79.0 Å². The molecule has 4 rings (SSSR count). The molecule has 0 saturated carbocycles. The van der Waals surface area contributed by atoms with Gasteiger partial charge in [0.1, 0.15) is 5.54 Å². The van der Waals surface area contributed by atoms with Gasteiger partial charge in [-0.25, -0.2) is 9.18 Å². The van der Waals surface area contributed by atoms with Gasteiger partial charge in [-0.3, -0.25) is 14.5 Å². The molecule has 182 valence electrons. The number of benzene rings is 1. The highest BCUT2D eigenvalue weighted by Gasteiger charge is 2.55. The van der Waals surface area contributed by atoms with Crippen molar-refractivity contribution in [3.63, 3.8) is 0 Å². The fraction of sp³-hybridized carbons (Fsp3) is 0.480. The summed E-state index contributed by atoms with van der Waals surface area (Å²) in [6.45, 7) is 3.26. The number of carbonyl (C=O) groups is 3. The van der Waals surface area contributed by atoms with E-state index in [1.165, 1.54) is 24.1 Å². The highest BCUT2D eigenvalue weighted by molar-refractivity contribution is 7.09. The van der Waals surface area contributed by atoms with Gasteiger partial charge in [0.2, 0.25) is 0 Å². The molecule has 4 amide bonds. The zero-order chi connectivity index (χ0) is 24.3. The van der Waals surface area contributed by atoms with Crippen molar-refractivity contribution in [2.75, 3.05) is 26.7 Å². The van der Waals surface area contributed by atoms with E-state index in [1.54, 1.807) is 22.3 Å². The lowest BCUT2D eigenvalue weighted by atomic mass is 9.74. The minimum absolute atomic E-state index is 0.0627. The Morgan fingerprint density at radius 2 is 2.03 bits per heavy atom. The molecule has 1 aromatic heterocycles. The number of hydrogen-bond donors (Lipinski definition) is 1. The lowest BCUT2D eigenvalue weighted by Crippen LogP contribution is -2.56. The quantitative estimate of drug-likeness (QED) is 0.569. The Balaban J connectivity index is 1.43. The molecule has 2 aromatic rings. The second-order valence-electron chi connectivity index (χ2n) is 8.85. The van der Waals surface area contributed by atoms with Crippen LogP contribution >= 0.6 is 11.3 Å². The van der Waals surface area contributed by atoms with Crippen molar-refractivity contribution < 1.29 is 23.5 Å². The molecule has 2 aliphatic rings. The van der Waals surface area contributed by atoms with Crippen LogP contribution in [0, 0.1) is 11.7 Å². The van der Waals surface area contributed by atoms with Gasteiger partial charge in [-0.15, -0.1) is 11.3 Å². The third-order valence-electron chi connectivity index (χ3n) is 6.89. The number of nitrogens with zero attached hydrogens (tertiary/aromatic N) is 2. The third-order valence-corrected chi connectivity index (χ3v) is 7.82. The fourth-order valence-electron chi connectivity index (χ4n) is 5.13. The number of halogens is 1. The Kier molecular flexibility index (Phi) is 7.21. The van der Waals surface area contributed by atoms with Gasteiger partial charge in [0.25, 0.3) is 11.8 Å². The largest absolute Gasteiger partial charge is 0.494 e. The number of likely N-dealkylation sites (tertiary alicyclic amines) is 1. The number of rotatable bonds is 8. The molecule has 1 N–H and O–H groups in total. The van der Waals surface area contributed by atoms with Crippen molar-refractivity contribution in [2.24, 2.45) is 5.92 Å². The smallest absolute Gasteiger partial charge is 0.325 e. The Hall–Kier alpha value is -2.94. The number of amides is 4. The number of carbonyl (C=O) groups excluding carboxylic acids is 3. The molecule has 0 radical (unpaired) electrons. The lowest BCUT2D eigenvalue weighted by Gasteiger charge is -2.41. The van der Waals surface area contributed by atoms with Crippen LogP contribution in [0.2, 0.25) is 0 Å². The van der Waals surface area contributed by atoms with Gasteiger partial charge < -0.3 is 15.0 Å². The molecule has 3 heterocycles. The Morgan fingerprint density at radius 1 is 1.26 bits per heavy atom. The number of piperidine rings is 1. The predicted octanol–water partition coefficient (Wildman–Crippen LogP) is 4.08. The molecule has 2 fully saturated rings. The van der Waals surface area contributed by atoms with Crippen LogP contribution < -0.4 is 10.1 Å². The van der Waals surface area contributed by atoms with E-state index < -0.39 is 11.4 Å². The first-order chi connectivity index (χ1) is 16.4. The molecule has 0 aliphatic carbocycles. The van der Waals surface area contributed by atoms with Crippen LogP contribution in [-0.2, 0) is 11.2 Å². The first-order valence-corrected chi connectivity index (χ1v) is 12.6. The zero-order valence-electron chi connectivity index (χ0n) is 19.5. The summed E-state index contributed by atoms with van der Waals surface area (Å²) < 4.78 is 19.0. The molecule has 7 nitrogen and oxygen atoms in total. The highest BCUT2D eigenvalue weighted by atomic mass is 32.1. The summed E-state index contributed by atoms with van der Waals surface area (Å²) in [5.41, 5.74) is -0.659. The number of nitrogens with one attached hydrogen (secondary N) is 1. The van der Waals surface area contributed by atoms with Gasteiger partial charge in [-0.2, -0.15) is 0 Å². The molecular formula is C25H30FN3O4S. The molecule has 9 heteroatoms. The minimum atomic E-state index is -0.928. The van der Waals surface area contributed by atoms with Crippen molar-refractivity contribution in [1.29, 1.82) is 0 Å². The van der Waals surface area contributed by atoms with E-state index >= 15 is 0 Å². The Morgan fingerprint density at radius 3 is 2.65 bits per heavy atom. The predicted molar refractivity (Wildman–Crippen MR) is 127 cm³/mol. The molecule has 2 saturated heterocycles. The zero-order valence-corrected chi connectivity index (χ0v) is 20.3. The summed E-state index contributed by atoms with van der Waals surface area (Å²) in [5, 5.41) is 5.02. The van der Waals surface area contributed by atoms with Crippen molar-refractivity contribution >= 4 is 29.2 Å². The van der Waals surface area contributed by atoms with Crippen LogP contribution in [0.1, 0.15) is 47.8 Å². The number of thiophene rings is 1. The molecule has 0 bridgehead atoms. The Bertz CT molecular complexity index is 1050. The summed E-state index contributed by atoms with van der Waals surface area (Å²) in [5.74, 6) is -0.947. The van der Waals surface area contributed by atoms with Gasteiger partial charge in [0.05, 0.1) is 7.11 Å². The summed E-state index contributed by atoms with van der Waals surface area (Å²) >= 11 is 1.61. The van der Waals surface area contributed by atoms with E-state index in [1.807, 2.05) is 24.4 Å². The second kappa shape index (κ2) is 10.1. The summed E-state index contributed by atoms with van der Waals surface area (Å²) in [7, 11) is 1.38. The number of imide groups is 1. The number of ether oxygens (including phenoxy) is 1. The third kappa shape index (κ3) is 4.53. The molecule has 1 aromatic carbocycles. The number of urea groups is 1. The Labute approximate surface area is 202 Å². The standard InChI is InChI=1S/C25H30FN3O4S/c1-3-11-25(23(31)29(24(32)27-25)14-10-19-5-4-15-34-19)18-8-12-28(13-9-18)22(30)17-6-7-21(33-2)20(26)16-17/h4-7,15-16,18H,3,8-14H2,1-2H3,(H,27,32)/t25-/m1/s1. The van der Waals surface area contributed by atoms with Gasteiger partial charge in [0, 0.05) is 30.1 Å². The van der Waals surface area contributed by atoms with E-state index in [-0.39, 0.29) is 35.1 Å². The summed E-state index contributed by atoms with van der Waals surface area (Å²) in [6, 6.07) is 7.83. The highest BCUT2D eigenvalue weighted by Crippen LogP contribution is 2.37. The molecular weight excluding hydrogens is 457 g/mol. The number of hydrogen-bond acceptors (Lipinski definition) is 5. The van der Waals surface area contributed by atoms with Crippen molar-refractivity contribution in [1.82, 2.24) is 15.1 Å². The lowest BCUT2D eigenvalue weighted by molar-refractivity contribution is -0.134. The first-order valence-electron chi connectivity index (χ1n) is 11.7. The minimum Gasteiger partial charge on any atom is -0.494 e. The van der Waals surface area contributed by atoms with Gasteiger partial charge >= 0.3 is 6.03 Å². The fourth-order valence-corrected chi connectivity index (χ4v) is 5.82.